The number of fused-ring (bicyclic) bond motifs is 1. The third-order valence-corrected chi connectivity index (χ3v) is 3.79. The van der Waals surface area contributed by atoms with E-state index in [0.29, 0.717) is 0 Å². The molecule has 0 N–H and O–H groups in total. The van der Waals surface area contributed by atoms with Gasteiger partial charge in [0.1, 0.15) is 0 Å². The topological polar surface area (TPSA) is 18.5 Å². The van der Waals surface area contributed by atoms with Gasteiger partial charge in [-0.2, -0.15) is 0 Å². The monoisotopic (exact) mass is 236 g/mol. The Morgan fingerprint density at radius 2 is 1.69 bits per heavy atom. The SMILES string of the molecule is COc1cc2c(cc1OC)SC(C)(C)C=C2. The summed E-state index contributed by atoms with van der Waals surface area (Å²) in [7, 11) is 3.33. The van der Waals surface area contributed by atoms with Gasteiger partial charge in [-0.05, 0) is 31.5 Å². The Kier molecular flexibility index (Phi) is 2.89. The molecule has 0 atom stereocenters. The Morgan fingerprint density at radius 1 is 1.06 bits per heavy atom. The van der Waals surface area contributed by atoms with Gasteiger partial charge in [0.2, 0.25) is 0 Å². The molecule has 2 nitrogen and oxygen atoms in total. The maximum Gasteiger partial charge on any atom is 0.161 e. The average molecular weight is 236 g/mol. The molecule has 0 fully saturated rings. The van der Waals surface area contributed by atoms with Gasteiger partial charge in [0.05, 0.1) is 14.2 Å². The van der Waals surface area contributed by atoms with Crippen molar-refractivity contribution in [1.29, 1.82) is 0 Å². The summed E-state index contributed by atoms with van der Waals surface area (Å²) < 4.78 is 10.7. The molecule has 1 aromatic rings. The summed E-state index contributed by atoms with van der Waals surface area (Å²) in [4.78, 5) is 1.24. The van der Waals surface area contributed by atoms with Crippen molar-refractivity contribution in [3.05, 3.63) is 23.8 Å². The summed E-state index contributed by atoms with van der Waals surface area (Å²) >= 11 is 1.84. The first-order valence-electron chi connectivity index (χ1n) is 5.20. The minimum atomic E-state index is 0.145. The van der Waals surface area contributed by atoms with Crippen molar-refractivity contribution in [2.24, 2.45) is 0 Å². The third kappa shape index (κ3) is 2.05. The van der Waals surface area contributed by atoms with Crippen LogP contribution in [0, 0.1) is 0 Å². The van der Waals surface area contributed by atoms with E-state index in [2.05, 4.69) is 26.0 Å². The molecule has 1 aromatic carbocycles. The number of rotatable bonds is 2. The van der Waals surface area contributed by atoms with E-state index in [1.165, 1.54) is 10.5 Å². The largest absolute Gasteiger partial charge is 0.493 e. The van der Waals surface area contributed by atoms with Crippen LogP contribution >= 0.6 is 11.8 Å². The molecule has 86 valence electrons. The third-order valence-electron chi connectivity index (χ3n) is 2.55. The number of ether oxygens (including phenoxy) is 2. The molecule has 0 saturated heterocycles. The van der Waals surface area contributed by atoms with E-state index < -0.39 is 0 Å². The van der Waals surface area contributed by atoms with Gasteiger partial charge < -0.3 is 9.47 Å². The molecule has 1 heterocycles. The van der Waals surface area contributed by atoms with Crippen LogP contribution in [-0.4, -0.2) is 19.0 Å². The van der Waals surface area contributed by atoms with Crippen LogP contribution in [0.1, 0.15) is 19.4 Å². The summed E-state index contributed by atoms with van der Waals surface area (Å²) in [5.41, 5.74) is 1.20. The Bertz CT molecular complexity index is 436. The fraction of sp³-hybridized carbons (Fsp3) is 0.385. The van der Waals surface area contributed by atoms with Crippen LogP contribution in [0.2, 0.25) is 0 Å². The van der Waals surface area contributed by atoms with E-state index in [-0.39, 0.29) is 4.75 Å². The van der Waals surface area contributed by atoms with Crippen LogP contribution in [0.5, 0.6) is 11.5 Å². The zero-order chi connectivity index (χ0) is 11.8. The highest BCUT2D eigenvalue weighted by Crippen LogP contribution is 2.44. The van der Waals surface area contributed by atoms with Gasteiger partial charge >= 0.3 is 0 Å². The van der Waals surface area contributed by atoms with Crippen LogP contribution in [0.4, 0.5) is 0 Å². The molecule has 3 heteroatoms. The van der Waals surface area contributed by atoms with Crippen molar-refractivity contribution < 1.29 is 9.47 Å². The van der Waals surface area contributed by atoms with Crippen molar-refractivity contribution in [3.8, 4) is 11.5 Å². The first-order chi connectivity index (χ1) is 7.55. The van der Waals surface area contributed by atoms with Crippen molar-refractivity contribution >= 4 is 17.8 Å². The first-order valence-corrected chi connectivity index (χ1v) is 6.01. The highest BCUT2D eigenvalue weighted by molar-refractivity contribution is 8.01. The molecule has 0 aliphatic carbocycles. The maximum absolute atomic E-state index is 5.31. The minimum absolute atomic E-state index is 0.145. The van der Waals surface area contributed by atoms with Crippen LogP contribution in [0.3, 0.4) is 0 Å². The molecule has 0 bridgehead atoms. The highest BCUT2D eigenvalue weighted by Gasteiger charge is 2.23. The minimum Gasteiger partial charge on any atom is -0.493 e. The van der Waals surface area contributed by atoms with Crippen molar-refractivity contribution in [1.82, 2.24) is 0 Å². The average Bonchev–Trinajstić information content (AvgIpc) is 2.26. The number of thioether (sulfide) groups is 1. The van der Waals surface area contributed by atoms with E-state index in [1.54, 1.807) is 14.2 Å². The van der Waals surface area contributed by atoms with Crippen molar-refractivity contribution in [2.45, 2.75) is 23.5 Å². The lowest BCUT2D eigenvalue weighted by Crippen LogP contribution is -2.13. The molecule has 0 radical (unpaired) electrons. The number of methoxy groups -OCH3 is 2. The number of hydrogen-bond donors (Lipinski definition) is 0. The quantitative estimate of drug-likeness (QED) is 0.781. The second-order valence-corrected chi connectivity index (χ2v) is 5.98. The van der Waals surface area contributed by atoms with Gasteiger partial charge in [-0.1, -0.05) is 12.2 Å². The molecule has 2 rings (SSSR count). The lowest BCUT2D eigenvalue weighted by Gasteiger charge is -2.26. The predicted molar refractivity (Wildman–Crippen MR) is 68.5 cm³/mol. The van der Waals surface area contributed by atoms with Crippen LogP contribution < -0.4 is 9.47 Å². The van der Waals surface area contributed by atoms with Crippen LogP contribution in [0.25, 0.3) is 6.08 Å². The smallest absolute Gasteiger partial charge is 0.161 e. The lowest BCUT2D eigenvalue weighted by molar-refractivity contribution is 0.354. The molecule has 0 spiro atoms. The fourth-order valence-electron chi connectivity index (χ4n) is 1.70. The Balaban J connectivity index is 2.49. The molecular formula is C13H16O2S. The maximum atomic E-state index is 5.31. The fourth-order valence-corrected chi connectivity index (χ4v) is 2.82. The zero-order valence-electron chi connectivity index (χ0n) is 10.0. The Labute approximate surface area is 101 Å². The van der Waals surface area contributed by atoms with Crippen molar-refractivity contribution in [3.63, 3.8) is 0 Å². The molecular weight excluding hydrogens is 220 g/mol. The van der Waals surface area contributed by atoms with Crippen LogP contribution in [0.15, 0.2) is 23.1 Å². The number of benzene rings is 1. The van der Waals surface area contributed by atoms with E-state index in [1.807, 2.05) is 23.9 Å². The van der Waals surface area contributed by atoms with Crippen LogP contribution in [-0.2, 0) is 0 Å². The van der Waals surface area contributed by atoms with Gasteiger partial charge in [0, 0.05) is 9.64 Å². The standard InChI is InChI=1S/C13H16O2S/c1-13(2)6-5-9-7-10(14-3)11(15-4)8-12(9)16-13/h5-8H,1-4H3. The summed E-state index contributed by atoms with van der Waals surface area (Å²) in [6.07, 6.45) is 4.36. The van der Waals surface area contributed by atoms with Gasteiger partial charge in [-0.15, -0.1) is 11.8 Å². The summed E-state index contributed by atoms with van der Waals surface area (Å²) in [6, 6.07) is 4.07. The second kappa shape index (κ2) is 4.06. The van der Waals surface area contributed by atoms with E-state index in [9.17, 15) is 0 Å². The zero-order valence-corrected chi connectivity index (χ0v) is 10.9. The molecule has 1 aliphatic heterocycles. The molecule has 0 aromatic heterocycles. The van der Waals surface area contributed by atoms with E-state index in [4.69, 9.17) is 9.47 Å². The molecule has 0 saturated carbocycles. The summed E-state index contributed by atoms with van der Waals surface area (Å²) in [6.45, 7) is 4.40. The number of hydrogen-bond acceptors (Lipinski definition) is 3. The van der Waals surface area contributed by atoms with Gasteiger partial charge in [-0.3, -0.25) is 0 Å². The highest BCUT2D eigenvalue weighted by atomic mass is 32.2. The van der Waals surface area contributed by atoms with Crippen molar-refractivity contribution in [2.75, 3.05) is 14.2 Å². The Morgan fingerprint density at radius 3 is 2.31 bits per heavy atom. The van der Waals surface area contributed by atoms with E-state index >= 15 is 0 Å². The second-order valence-electron chi connectivity index (χ2n) is 4.28. The molecule has 1 aliphatic rings. The normalized spacial score (nSPS) is 16.8. The van der Waals surface area contributed by atoms with Gasteiger partial charge in [-0.25, -0.2) is 0 Å². The molecule has 16 heavy (non-hydrogen) atoms. The van der Waals surface area contributed by atoms with E-state index in [0.717, 1.165) is 11.5 Å². The molecule has 0 unspecified atom stereocenters. The lowest BCUT2D eigenvalue weighted by atomic mass is 10.1. The summed E-state index contributed by atoms with van der Waals surface area (Å²) in [5, 5.41) is 0. The van der Waals surface area contributed by atoms with Gasteiger partial charge in [0.25, 0.3) is 0 Å². The van der Waals surface area contributed by atoms with Gasteiger partial charge in [0.15, 0.2) is 11.5 Å². The molecule has 0 amide bonds. The first kappa shape index (κ1) is 11.4. The Hall–Kier alpha value is -1.09. The summed E-state index contributed by atoms with van der Waals surface area (Å²) in [5.74, 6) is 1.58. The predicted octanol–water partition coefficient (Wildman–Crippen LogP) is 3.60.